The topological polar surface area (TPSA) is 83.6 Å². The molecule has 4 N–H and O–H groups in total. The second-order valence-corrected chi connectivity index (χ2v) is 2.84. The molecule has 0 aromatic heterocycles. The highest BCUT2D eigenvalue weighted by Gasteiger charge is 2.11. The van der Waals surface area contributed by atoms with Gasteiger partial charge >= 0.3 is 5.97 Å². The molecule has 0 spiro atoms. The van der Waals surface area contributed by atoms with E-state index in [1.807, 2.05) is 0 Å². The van der Waals surface area contributed by atoms with Gasteiger partial charge in [0.05, 0.1) is 0 Å². The van der Waals surface area contributed by atoms with Gasteiger partial charge in [-0.3, -0.25) is 0 Å². The predicted octanol–water partition coefficient (Wildman–Crippen LogP) is 1.28. The number of benzene rings is 1. The van der Waals surface area contributed by atoms with Crippen LogP contribution < -0.4 is 5.73 Å². The number of phenols is 1. The zero-order chi connectivity index (χ0) is 10.7. The minimum absolute atomic E-state index is 0.134. The average Bonchev–Trinajstić information content (AvgIpc) is 2.15. The molecule has 0 saturated carbocycles. The number of aromatic hydroxyl groups is 1. The number of nitrogens with two attached hydrogens (primary N) is 1. The molecule has 0 heterocycles. The highest BCUT2D eigenvalue weighted by Crippen LogP contribution is 2.22. The Morgan fingerprint density at radius 1 is 1.57 bits per heavy atom. The van der Waals surface area contributed by atoms with Crippen molar-refractivity contribution in [1.29, 1.82) is 0 Å². The Hall–Kier alpha value is -1.81. The standard InChI is InChI=1S/C10H11NO3/c1-2-8(11)6-3-4-7(10(13)14)9(12)5-6/h2-5,8,12H,1,11H2,(H,13,14). The van der Waals surface area contributed by atoms with Crippen molar-refractivity contribution in [1.82, 2.24) is 0 Å². The minimum Gasteiger partial charge on any atom is -0.507 e. The van der Waals surface area contributed by atoms with Crippen molar-refractivity contribution < 1.29 is 15.0 Å². The molecule has 0 bridgehead atoms. The Balaban J connectivity index is 3.12. The van der Waals surface area contributed by atoms with Gasteiger partial charge in [-0.1, -0.05) is 12.1 Å². The fourth-order valence-electron chi connectivity index (χ4n) is 1.07. The Kier molecular flexibility index (Phi) is 2.89. The zero-order valence-corrected chi connectivity index (χ0v) is 7.47. The molecule has 0 aliphatic heterocycles. The summed E-state index contributed by atoms with van der Waals surface area (Å²) in [5.41, 5.74) is 6.11. The summed E-state index contributed by atoms with van der Waals surface area (Å²) in [5, 5.41) is 18.0. The van der Waals surface area contributed by atoms with Crippen molar-refractivity contribution in [3.8, 4) is 5.75 Å². The highest BCUT2D eigenvalue weighted by molar-refractivity contribution is 5.90. The molecule has 0 radical (unpaired) electrons. The number of aromatic carboxylic acids is 1. The van der Waals surface area contributed by atoms with Gasteiger partial charge in [-0.25, -0.2) is 4.79 Å². The SMILES string of the molecule is C=CC(N)c1ccc(C(=O)O)c(O)c1. The molecule has 0 aliphatic carbocycles. The van der Waals surface area contributed by atoms with Crippen molar-refractivity contribution in [3.63, 3.8) is 0 Å². The third-order valence-corrected chi connectivity index (χ3v) is 1.89. The van der Waals surface area contributed by atoms with Crippen LogP contribution in [0.1, 0.15) is 22.0 Å². The van der Waals surface area contributed by atoms with Crippen molar-refractivity contribution >= 4 is 5.97 Å². The number of carbonyl (C=O) groups is 1. The molecule has 0 saturated heterocycles. The van der Waals surface area contributed by atoms with Gasteiger partial charge in [-0.05, 0) is 17.7 Å². The van der Waals surface area contributed by atoms with Gasteiger partial charge < -0.3 is 15.9 Å². The monoisotopic (exact) mass is 193 g/mol. The van der Waals surface area contributed by atoms with E-state index in [2.05, 4.69) is 6.58 Å². The number of carboxylic acids is 1. The lowest BCUT2D eigenvalue weighted by molar-refractivity contribution is 0.0693. The molecular weight excluding hydrogens is 182 g/mol. The molecular formula is C10H11NO3. The number of carboxylic acid groups (broad SMARTS) is 1. The maximum Gasteiger partial charge on any atom is 0.339 e. The third-order valence-electron chi connectivity index (χ3n) is 1.89. The molecule has 0 aliphatic rings. The highest BCUT2D eigenvalue weighted by atomic mass is 16.4. The molecule has 1 aromatic rings. The quantitative estimate of drug-likeness (QED) is 0.631. The molecule has 4 heteroatoms. The summed E-state index contributed by atoms with van der Waals surface area (Å²) in [6, 6.07) is 3.80. The average molecular weight is 193 g/mol. The minimum atomic E-state index is -1.17. The van der Waals surface area contributed by atoms with Crippen LogP contribution in [0, 0.1) is 0 Å². The van der Waals surface area contributed by atoms with Gasteiger partial charge in [0.25, 0.3) is 0 Å². The van der Waals surface area contributed by atoms with Gasteiger partial charge in [0.15, 0.2) is 0 Å². The third kappa shape index (κ3) is 1.92. The lowest BCUT2D eigenvalue weighted by atomic mass is 10.0. The van der Waals surface area contributed by atoms with E-state index in [4.69, 9.17) is 10.8 Å². The normalized spacial score (nSPS) is 12.1. The summed E-state index contributed by atoms with van der Waals surface area (Å²) in [5.74, 6) is -1.45. The van der Waals surface area contributed by atoms with Crippen molar-refractivity contribution in [2.45, 2.75) is 6.04 Å². The van der Waals surface area contributed by atoms with Crippen LogP contribution in [-0.4, -0.2) is 16.2 Å². The summed E-state index contributed by atoms with van der Waals surface area (Å²) in [6.45, 7) is 3.50. The lowest BCUT2D eigenvalue weighted by Gasteiger charge is -2.07. The smallest absolute Gasteiger partial charge is 0.339 e. The maximum atomic E-state index is 10.6. The van der Waals surface area contributed by atoms with Gasteiger partial charge in [0, 0.05) is 6.04 Å². The van der Waals surface area contributed by atoms with Gasteiger partial charge in [0.2, 0.25) is 0 Å². The first kappa shape index (κ1) is 10.3. The van der Waals surface area contributed by atoms with Crippen LogP contribution in [0.25, 0.3) is 0 Å². The van der Waals surface area contributed by atoms with Crippen LogP contribution >= 0.6 is 0 Å². The summed E-state index contributed by atoms with van der Waals surface area (Å²) in [6.07, 6.45) is 1.51. The molecule has 74 valence electrons. The van der Waals surface area contributed by atoms with Crippen LogP contribution in [0.2, 0.25) is 0 Å². The van der Waals surface area contributed by atoms with Crippen molar-refractivity contribution in [2.24, 2.45) is 5.73 Å². The molecule has 1 aromatic carbocycles. The predicted molar refractivity (Wildman–Crippen MR) is 52.2 cm³/mol. The van der Waals surface area contributed by atoms with Gasteiger partial charge in [-0.15, -0.1) is 6.58 Å². The van der Waals surface area contributed by atoms with Crippen molar-refractivity contribution in [3.05, 3.63) is 42.0 Å². The molecule has 4 nitrogen and oxygen atoms in total. The molecule has 14 heavy (non-hydrogen) atoms. The van der Waals surface area contributed by atoms with E-state index in [0.29, 0.717) is 5.56 Å². The van der Waals surface area contributed by atoms with Crippen LogP contribution in [0.15, 0.2) is 30.9 Å². The van der Waals surface area contributed by atoms with E-state index >= 15 is 0 Å². The molecule has 0 amide bonds. The summed E-state index contributed by atoms with van der Waals surface area (Å²) >= 11 is 0. The second-order valence-electron chi connectivity index (χ2n) is 2.84. The van der Waals surface area contributed by atoms with Crippen LogP contribution in [-0.2, 0) is 0 Å². The lowest BCUT2D eigenvalue weighted by Crippen LogP contribution is -2.07. The van der Waals surface area contributed by atoms with E-state index < -0.39 is 12.0 Å². The molecule has 1 rings (SSSR count). The fraction of sp³-hybridized carbons (Fsp3) is 0.100. The first-order valence-corrected chi connectivity index (χ1v) is 4.00. The van der Waals surface area contributed by atoms with Crippen molar-refractivity contribution in [2.75, 3.05) is 0 Å². The molecule has 0 fully saturated rings. The maximum absolute atomic E-state index is 10.6. The van der Waals surface area contributed by atoms with E-state index in [9.17, 15) is 9.90 Å². The van der Waals surface area contributed by atoms with Gasteiger partial charge in [0.1, 0.15) is 11.3 Å². The summed E-state index contributed by atoms with van der Waals surface area (Å²) in [7, 11) is 0. The number of rotatable bonds is 3. The Morgan fingerprint density at radius 2 is 2.21 bits per heavy atom. The van der Waals surface area contributed by atoms with E-state index in [1.165, 1.54) is 18.2 Å². The molecule has 1 unspecified atom stereocenters. The van der Waals surface area contributed by atoms with E-state index in [0.717, 1.165) is 0 Å². The Bertz CT molecular complexity index is 374. The zero-order valence-electron chi connectivity index (χ0n) is 7.47. The van der Waals surface area contributed by atoms with E-state index in [-0.39, 0.29) is 11.3 Å². The number of hydrogen-bond acceptors (Lipinski definition) is 3. The fourth-order valence-corrected chi connectivity index (χ4v) is 1.07. The summed E-state index contributed by atoms with van der Waals surface area (Å²) < 4.78 is 0. The van der Waals surface area contributed by atoms with Gasteiger partial charge in [-0.2, -0.15) is 0 Å². The van der Waals surface area contributed by atoms with E-state index in [1.54, 1.807) is 6.07 Å². The summed E-state index contributed by atoms with van der Waals surface area (Å²) in [4.78, 5) is 10.6. The van der Waals surface area contributed by atoms with Crippen LogP contribution in [0.3, 0.4) is 0 Å². The first-order chi connectivity index (χ1) is 6.56. The number of hydrogen-bond donors (Lipinski definition) is 3. The second kappa shape index (κ2) is 3.93. The van der Waals surface area contributed by atoms with Crippen LogP contribution in [0.5, 0.6) is 5.75 Å². The Morgan fingerprint density at radius 3 is 2.64 bits per heavy atom. The first-order valence-electron chi connectivity index (χ1n) is 4.00. The largest absolute Gasteiger partial charge is 0.507 e. The van der Waals surface area contributed by atoms with Crippen LogP contribution in [0.4, 0.5) is 0 Å². The molecule has 1 atom stereocenters. The Labute approximate surface area is 81.3 Å².